The molecule has 0 aliphatic heterocycles. The maximum Gasteiger partial charge on any atom is 0.129 e. The Bertz CT molecular complexity index is 608. The lowest BCUT2D eigenvalue weighted by atomic mass is 9.92. The predicted octanol–water partition coefficient (Wildman–Crippen LogP) is 4.91. The molecule has 0 amide bonds. The number of hydrogen-bond acceptors (Lipinski definition) is 1. The predicted molar refractivity (Wildman–Crippen MR) is 81.1 cm³/mol. The highest BCUT2D eigenvalue weighted by Crippen LogP contribution is 2.32. The fraction of sp³-hybridized carbons (Fsp3) is 0.200. The van der Waals surface area contributed by atoms with Crippen LogP contribution in [0.25, 0.3) is 0 Å². The van der Waals surface area contributed by atoms with Gasteiger partial charge in [-0.2, -0.15) is 0 Å². The van der Waals surface area contributed by atoms with E-state index in [1.165, 1.54) is 6.07 Å². The van der Waals surface area contributed by atoms with Crippen molar-refractivity contribution in [3.63, 3.8) is 0 Å². The summed E-state index contributed by atoms with van der Waals surface area (Å²) in [4.78, 5) is 0. The fourth-order valence-corrected chi connectivity index (χ4v) is 2.74. The van der Waals surface area contributed by atoms with Crippen LogP contribution in [-0.4, -0.2) is 0 Å². The van der Waals surface area contributed by atoms with Crippen LogP contribution >= 0.6 is 27.5 Å². The van der Waals surface area contributed by atoms with Gasteiger partial charge in [-0.1, -0.05) is 29.8 Å². The van der Waals surface area contributed by atoms with E-state index in [-0.39, 0.29) is 5.82 Å². The molecule has 0 bridgehead atoms. The molecule has 0 saturated heterocycles. The molecule has 2 rings (SSSR count). The van der Waals surface area contributed by atoms with Gasteiger partial charge in [-0.05, 0) is 58.6 Å². The molecule has 0 saturated carbocycles. The number of benzene rings is 2. The van der Waals surface area contributed by atoms with Crippen molar-refractivity contribution in [2.45, 2.75) is 19.9 Å². The summed E-state index contributed by atoms with van der Waals surface area (Å²) in [5.74, 6) is -0.355. The number of halogens is 3. The lowest BCUT2D eigenvalue weighted by molar-refractivity contribution is 0.598. The van der Waals surface area contributed by atoms with Gasteiger partial charge in [0.05, 0.1) is 11.1 Å². The minimum absolute atomic E-state index is 0.355. The zero-order chi connectivity index (χ0) is 14.2. The van der Waals surface area contributed by atoms with Crippen molar-refractivity contribution in [2.24, 2.45) is 5.73 Å². The van der Waals surface area contributed by atoms with E-state index >= 15 is 0 Å². The molecule has 2 N–H and O–H groups in total. The summed E-state index contributed by atoms with van der Waals surface area (Å²) in [6.45, 7) is 3.95. The summed E-state index contributed by atoms with van der Waals surface area (Å²) in [6.07, 6.45) is 0. The Hall–Kier alpha value is -0.900. The first-order chi connectivity index (χ1) is 8.91. The van der Waals surface area contributed by atoms with E-state index in [4.69, 9.17) is 17.3 Å². The lowest BCUT2D eigenvalue weighted by Gasteiger charge is -2.19. The van der Waals surface area contributed by atoms with E-state index in [1.54, 1.807) is 6.07 Å². The van der Waals surface area contributed by atoms with Crippen molar-refractivity contribution in [2.75, 3.05) is 0 Å². The zero-order valence-electron chi connectivity index (χ0n) is 10.7. The molecule has 4 heteroatoms. The summed E-state index contributed by atoms with van der Waals surface area (Å²) < 4.78 is 14.6. The highest BCUT2D eigenvalue weighted by Gasteiger charge is 2.18. The molecule has 0 fully saturated rings. The van der Waals surface area contributed by atoms with Crippen molar-refractivity contribution in [1.82, 2.24) is 0 Å². The molecule has 1 unspecified atom stereocenters. The molecular weight excluding hydrogens is 329 g/mol. The molecule has 2 aromatic rings. The summed E-state index contributed by atoms with van der Waals surface area (Å²) >= 11 is 9.23. The van der Waals surface area contributed by atoms with Gasteiger partial charge in [0.25, 0.3) is 0 Å². The first kappa shape index (κ1) is 14.5. The van der Waals surface area contributed by atoms with Gasteiger partial charge in [0.15, 0.2) is 0 Å². The average molecular weight is 343 g/mol. The Morgan fingerprint density at radius 3 is 2.37 bits per heavy atom. The van der Waals surface area contributed by atoms with Crippen molar-refractivity contribution in [1.29, 1.82) is 0 Å². The molecular formula is C15H14BrClFN. The van der Waals surface area contributed by atoms with Crippen molar-refractivity contribution < 1.29 is 4.39 Å². The third-order valence-corrected chi connectivity index (χ3v) is 4.42. The van der Waals surface area contributed by atoms with Crippen LogP contribution in [0.3, 0.4) is 0 Å². The zero-order valence-corrected chi connectivity index (χ0v) is 13.0. The SMILES string of the molecule is Cc1cccc(C)c1C(N)c1cc(Cl)c(Br)cc1F. The second kappa shape index (κ2) is 5.61. The van der Waals surface area contributed by atoms with Gasteiger partial charge >= 0.3 is 0 Å². The average Bonchev–Trinajstić information content (AvgIpc) is 2.33. The number of rotatable bonds is 2. The van der Waals surface area contributed by atoms with Crippen LogP contribution in [0.1, 0.15) is 28.3 Å². The van der Waals surface area contributed by atoms with Gasteiger partial charge in [0, 0.05) is 10.0 Å². The van der Waals surface area contributed by atoms with E-state index in [2.05, 4.69) is 15.9 Å². The Labute approximate surface area is 125 Å². The van der Waals surface area contributed by atoms with Gasteiger partial charge in [0.2, 0.25) is 0 Å². The summed E-state index contributed by atoms with van der Waals surface area (Å²) in [6, 6.07) is 8.32. The first-order valence-corrected chi connectivity index (χ1v) is 7.05. The largest absolute Gasteiger partial charge is 0.320 e. The van der Waals surface area contributed by atoms with Gasteiger partial charge in [-0.3, -0.25) is 0 Å². The normalized spacial score (nSPS) is 12.5. The molecule has 0 spiro atoms. The molecule has 0 aliphatic rings. The van der Waals surface area contributed by atoms with Crippen LogP contribution in [0, 0.1) is 19.7 Å². The van der Waals surface area contributed by atoms with E-state index in [1.807, 2.05) is 32.0 Å². The quantitative estimate of drug-likeness (QED) is 0.771. The number of aryl methyl sites for hydroxylation is 2. The maximum absolute atomic E-state index is 14.1. The fourth-order valence-electron chi connectivity index (χ4n) is 2.25. The summed E-state index contributed by atoms with van der Waals surface area (Å²) in [5, 5.41) is 0.457. The Balaban J connectivity index is 2.56. The van der Waals surface area contributed by atoms with Crippen LogP contribution in [-0.2, 0) is 0 Å². The topological polar surface area (TPSA) is 26.0 Å². The smallest absolute Gasteiger partial charge is 0.129 e. The highest BCUT2D eigenvalue weighted by atomic mass is 79.9. The third-order valence-electron chi connectivity index (χ3n) is 3.23. The molecule has 1 atom stereocenters. The van der Waals surface area contributed by atoms with Crippen molar-refractivity contribution in [3.05, 3.63) is 67.9 Å². The number of nitrogens with two attached hydrogens (primary N) is 1. The van der Waals surface area contributed by atoms with Crippen LogP contribution in [0.5, 0.6) is 0 Å². The minimum Gasteiger partial charge on any atom is -0.320 e. The van der Waals surface area contributed by atoms with Gasteiger partial charge in [0.1, 0.15) is 5.82 Å². The molecule has 100 valence electrons. The second-order valence-electron chi connectivity index (χ2n) is 4.57. The van der Waals surface area contributed by atoms with Crippen LogP contribution in [0.15, 0.2) is 34.8 Å². The summed E-state index contributed by atoms with van der Waals surface area (Å²) in [7, 11) is 0. The van der Waals surface area contributed by atoms with Gasteiger partial charge < -0.3 is 5.73 Å². The molecule has 19 heavy (non-hydrogen) atoms. The molecule has 1 nitrogen and oxygen atoms in total. The van der Waals surface area contributed by atoms with Crippen LogP contribution in [0.4, 0.5) is 4.39 Å². The summed E-state index contributed by atoms with van der Waals surface area (Å²) in [5.41, 5.74) is 9.67. The monoisotopic (exact) mass is 341 g/mol. The Kier molecular flexibility index (Phi) is 4.29. The van der Waals surface area contributed by atoms with E-state index < -0.39 is 6.04 Å². The van der Waals surface area contributed by atoms with E-state index in [0.717, 1.165) is 16.7 Å². The van der Waals surface area contributed by atoms with E-state index in [9.17, 15) is 4.39 Å². The minimum atomic E-state index is -0.521. The highest BCUT2D eigenvalue weighted by molar-refractivity contribution is 9.10. The molecule has 0 heterocycles. The van der Waals surface area contributed by atoms with Crippen LogP contribution in [0.2, 0.25) is 5.02 Å². The van der Waals surface area contributed by atoms with Gasteiger partial charge in [-0.15, -0.1) is 0 Å². The van der Waals surface area contributed by atoms with E-state index in [0.29, 0.717) is 15.1 Å². The van der Waals surface area contributed by atoms with Crippen molar-refractivity contribution >= 4 is 27.5 Å². The second-order valence-corrected chi connectivity index (χ2v) is 5.83. The van der Waals surface area contributed by atoms with Crippen LogP contribution < -0.4 is 5.73 Å². The maximum atomic E-state index is 14.1. The first-order valence-electron chi connectivity index (χ1n) is 5.88. The Morgan fingerprint density at radius 1 is 1.21 bits per heavy atom. The van der Waals surface area contributed by atoms with Gasteiger partial charge in [-0.25, -0.2) is 4.39 Å². The molecule has 0 aromatic heterocycles. The molecule has 0 aliphatic carbocycles. The molecule has 2 aromatic carbocycles. The molecule has 0 radical (unpaired) electrons. The third kappa shape index (κ3) is 2.83. The Morgan fingerprint density at radius 2 is 1.79 bits per heavy atom. The standard InChI is InChI=1S/C15H14BrClFN/c1-8-4-3-5-9(2)14(8)15(19)10-6-12(17)11(16)7-13(10)18/h3-7,15H,19H2,1-2H3. The lowest BCUT2D eigenvalue weighted by Crippen LogP contribution is -2.16. The van der Waals surface area contributed by atoms with Crippen molar-refractivity contribution in [3.8, 4) is 0 Å². The number of hydrogen-bond donors (Lipinski definition) is 1.